The van der Waals surface area contributed by atoms with Crippen LogP contribution in [0.4, 0.5) is 16.2 Å². The number of para-hydroxylation sites is 2. The zero-order valence-electron chi connectivity index (χ0n) is 12.6. The van der Waals surface area contributed by atoms with Gasteiger partial charge in [-0.1, -0.05) is 24.3 Å². The SMILES string of the molecule is Nc1ccccc1NC(=O)c1cc2ccc(CNC(=O)O)cc2s1. The van der Waals surface area contributed by atoms with Crippen molar-refractivity contribution in [3.63, 3.8) is 0 Å². The van der Waals surface area contributed by atoms with Gasteiger partial charge in [-0.05, 0) is 35.2 Å². The Morgan fingerprint density at radius 3 is 2.67 bits per heavy atom. The van der Waals surface area contributed by atoms with Gasteiger partial charge in [0.25, 0.3) is 5.91 Å². The van der Waals surface area contributed by atoms with Crippen molar-refractivity contribution in [1.29, 1.82) is 0 Å². The molecule has 1 aromatic heterocycles. The fourth-order valence-corrected chi connectivity index (χ4v) is 3.29. The Morgan fingerprint density at radius 1 is 1.12 bits per heavy atom. The second-order valence-electron chi connectivity index (χ2n) is 5.18. The molecule has 24 heavy (non-hydrogen) atoms. The summed E-state index contributed by atoms with van der Waals surface area (Å²) in [6.07, 6.45) is -1.07. The van der Waals surface area contributed by atoms with Crippen LogP contribution in [0.15, 0.2) is 48.5 Å². The lowest BCUT2D eigenvalue weighted by Crippen LogP contribution is -2.19. The molecule has 0 bridgehead atoms. The Balaban J connectivity index is 1.81. The first-order chi connectivity index (χ1) is 11.5. The molecular weight excluding hydrogens is 326 g/mol. The average molecular weight is 341 g/mol. The van der Waals surface area contributed by atoms with E-state index in [4.69, 9.17) is 10.8 Å². The lowest BCUT2D eigenvalue weighted by Gasteiger charge is -2.05. The van der Waals surface area contributed by atoms with Crippen molar-refractivity contribution >= 4 is 44.8 Å². The first kappa shape index (κ1) is 15.8. The van der Waals surface area contributed by atoms with Crippen LogP contribution in [-0.2, 0) is 6.54 Å². The first-order valence-corrected chi connectivity index (χ1v) is 8.00. The Kier molecular flexibility index (Phi) is 4.35. The van der Waals surface area contributed by atoms with E-state index in [-0.39, 0.29) is 12.5 Å². The predicted octanol–water partition coefficient (Wildman–Crippen LogP) is 3.50. The lowest BCUT2D eigenvalue weighted by atomic mass is 10.1. The van der Waals surface area contributed by atoms with Gasteiger partial charge in [-0.25, -0.2) is 4.79 Å². The van der Waals surface area contributed by atoms with Gasteiger partial charge in [-0.2, -0.15) is 0 Å². The molecule has 0 aliphatic rings. The van der Waals surface area contributed by atoms with Crippen LogP contribution in [0.25, 0.3) is 10.1 Å². The molecule has 0 aliphatic carbocycles. The van der Waals surface area contributed by atoms with Gasteiger partial charge in [0, 0.05) is 11.2 Å². The topological polar surface area (TPSA) is 104 Å². The Morgan fingerprint density at radius 2 is 1.92 bits per heavy atom. The molecule has 0 radical (unpaired) electrons. The normalized spacial score (nSPS) is 10.5. The van der Waals surface area contributed by atoms with Crippen molar-refractivity contribution in [2.24, 2.45) is 0 Å². The minimum Gasteiger partial charge on any atom is -0.465 e. The lowest BCUT2D eigenvalue weighted by molar-refractivity contribution is 0.103. The van der Waals surface area contributed by atoms with Crippen LogP contribution >= 0.6 is 11.3 Å². The van der Waals surface area contributed by atoms with Crippen LogP contribution < -0.4 is 16.4 Å². The fourth-order valence-electron chi connectivity index (χ4n) is 2.27. The van der Waals surface area contributed by atoms with E-state index in [1.807, 2.05) is 24.3 Å². The Hall–Kier alpha value is -3.06. The van der Waals surface area contributed by atoms with Gasteiger partial charge in [0.15, 0.2) is 0 Å². The number of nitrogens with one attached hydrogen (secondary N) is 2. The highest BCUT2D eigenvalue weighted by molar-refractivity contribution is 7.20. The molecule has 2 amide bonds. The largest absolute Gasteiger partial charge is 0.465 e. The smallest absolute Gasteiger partial charge is 0.404 e. The summed E-state index contributed by atoms with van der Waals surface area (Å²) in [6.45, 7) is 0.227. The molecule has 3 aromatic rings. The van der Waals surface area contributed by atoms with Crippen LogP contribution in [0.3, 0.4) is 0 Å². The van der Waals surface area contributed by atoms with E-state index in [2.05, 4.69) is 10.6 Å². The summed E-state index contributed by atoms with van der Waals surface area (Å²) in [7, 11) is 0. The van der Waals surface area contributed by atoms with Crippen molar-refractivity contribution in [3.05, 3.63) is 59.0 Å². The summed E-state index contributed by atoms with van der Waals surface area (Å²) in [4.78, 5) is 23.5. The number of carboxylic acid groups (broad SMARTS) is 1. The number of rotatable bonds is 4. The van der Waals surface area contributed by atoms with Crippen molar-refractivity contribution in [3.8, 4) is 0 Å². The molecule has 0 saturated heterocycles. The molecule has 0 spiro atoms. The molecule has 0 atom stereocenters. The molecule has 122 valence electrons. The number of carbonyl (C=O) groups excluding carboxylic acids is 1. The molecule has 0 unspecified atom stereocenters. The number of benzene rings is 2. The summed E-state index contributed by atoms with van der Waals surface area (Å²) < 4.78 is 0.922. The summed E-state index contributed by atoms with van der Waals surface area (Å²) in [5, 5.41) is 14.7. The number of hydrogen-bond donors (Lipinski definition) is 4. The summed E-state index contributed by atoms with van der Waals surface area (Å²) >= 11 is 1.35. The van der Waals surface area contributed by atoms with Crippen molar-refractivity contribution < 1.29 is 14.7 Å². The van der Waals surface area contributed by atoms with Gasteiger partial charge in [-0.15, -0.1) is 11.3 Å². The molecule has 0 saturated carbocycles. The quantitative estimate of drug-likeness (QED) is 0.545. The molecule has 0 aliphatic heterocycles. The number of anilines is 2. The van der Waals surface area contributed by atoms with Gasteiger partial charge in [0.2, 0.25) is 0 Å². The van der Waals surface area contributed by atoms with E-state index in [1.165, 1.54) is 11.3 Å². The first-order valence-electron chi connectivity index (χ1n) is 7.18. The summed E-state index contributed by atoms with van der Waals surface area (Å²) in [6, 6.07) is 14.5. The van der Waals surface area contributed by atoms with Gasteiger partial charge < -0.3 is 21.5 Å². The van der Waals surface area contributed by atoms with Gasteiger partial charge >= 0.3 is 6.09 Å². The zero-order valence-corrected chi connectivity index (χ0v) is 13.4. The highest BCUT2D eigenvalue weighted by Gasteiger charge is 2.12. The van der Waals surface area contributed by atoms with Crippen LogP contribution in [0, 0.1) is 0 Å². The summed E-state index contributed by atoms with van der Waals surface area (Å²) in [5.74, 6) is -0.223. The Labute approximate surface area is 141 Å². The van der Waals surface area contributed by atoms with E-state index >= 15 is 0 Å². The number of amides is 2. The zero-order chi connectivity index (χ0) is 17.1. The average Bonchev–Trinajstić information content (AvgIpc) is 2.98. The maximum absolute atomic E-state index is 12.4. The number of nitrogen functional groups attached to an aromatic ring is 1. The van der Waals surface area contributed by atoms with Gasteiger partial charge in [0.1, 0.15) is 0 Å². The second kappa shape index (κ2) is 6.59. The van der Waals surface area contributed by atoms with E-state index in [0.29, 0.717) is 16.3 Å². The third-order valence-electron chi connectivity index (χ3n) is 3.46. The van der Waals surface area contributed by atoms with Crippen LogP contribution in [0.5, 0.6) is 0 Å². The van der Waals surface area contributed by atoms with E-state index in [1.54, 1.807) is 24.3 Å². The number of carbonyl (C=O) groups is 2. The van der Waals surface area contributed by atoms with E-state index in [0.717, 1.165) is 15.6 Å². The third kappa shape index (κ3) is 3.47. The van der Waals surface area contributed by atoms with Crippen LogP contribution in [0.1, 0.15) is 15.2 Å². The van der Waals surface area contributed by atoms with E-state index in [9.17, 15) is 9.59 Å². The maximum Gasteiger partial charge on any atom is 0.404 e. The Bertz CT molecular complexity index is 920. The molecule has 0 fully saturated rings. The standard InChI is InChI=1S/C17H15N3O3S/c18-12-3-1-2-4-13(12)20-16(21)15-8-11-6-5-10(7-14(11)24-15)9-19-17(22)23/h1-8,19H,9,18H2,(H,20,21)(H,22,23). The molecule has 6 nitrogen and oxygen atoms in total. The van der Waals surface area contributed by atoms with Gasteiger partial charge in [0.05, 0.1) is 16.3 Å². The predicted molar refractivity (Wildman–Crippen MR) is 95.5 cm³/mol. The molecule has 3 rings (SSSR count). The maximum atomic E-state index is 12.4. The monoisotopic (exact) mass is 341 g/mol. The number of fused-ring (bicyclic) bond motifs is 1. The van der Waals surface area contributed by atoms with E-state index < -0.39 is 6.09 Å². The molecule has 5 N–H and O–H groups in total. The van der Waals surface area contributed by atoms with Crippen LogP contribution in [0.2, 0.25) is 0 Å². The third-order valence-corrected chi connectivity index (χ3v) is 4.56. The fraction of sp³-hybridized carbons (Fsp3) is 0.0588. The number of thiophene rings is 1. The van der Waals surface area contributed by atoms with Crippen molar-refractivity contribution in [1.82, 2.24) is 5.32 Å². The van der Waals surface area contributed by atoms with Crippen molar-refractivity contribution in [2.45, 2.75) is 6.54 Å². The van der Waals surface area contributed by atoms with Crippen molar-refractivity contribution in [2.75, 3.05) is 11.1 Å². The molecule has 1 heterocycles. The van der Waals surface area contributed by atoms with Crippen LogP contribution in [-0.4, -0.2) is 17.1 Å². The summed E-state index contributed by atoms with van der Waals surface area (Å²) in [5.41, 5.74) is 7.76. The highest BCUT2D eigenvalue weighted by Crippen LogP contribution is 2.28. The number of nitrogens with two attached hydrogens (primary N) is 1. The highest BCUT2D eigenvalue weighted by atomic mass is 32.1. The second-order valence-corrected chi connectivity index (χ2v) is 6.27. The minimum absolute atomic E-state index is 0.223. The molecule has 2 aromatic carbocycles. The molecular formula is C17H15N3O3S. The minimum atomic E-state index is -1.07. The number of hydrogen-bond acceptors (Lipinski definition) is 4. The van der Waals surface area contributed by atoms with Gasteiger partial charge in [-0.3, -0.25) is 4.79 Å². The molecule has 7 heteroatoms.